The van der Waals surface area contributed by atoms with Crippen LogP contribution in [0, 0.1) is 5.82 Å². The quantitative estimate of drug-likeness (QED) is 0.746. The molecule has 0 aliphatic rings. The van der Waals surface area contributed by atoms with Crippen molar-refractivity contribution in [2.45, 2.75) is 13.1 Å². The van der Waals surface area contributed by atoms with Crippen molar-refractivity contribution in [3.8, 4) is 0 Å². The molecule has 0 fully saturated rings. The zero-order valence-electron chi connectivity index (χ0n) is 15.5. The van der Waals surface area contributed by atoms with Gasteiger partial charge in [-0.25, -0.2) is 14.0 Å². The lowest BCUT2D eigenvalue weighted by molar-refractivity contribution is 0.0697. The Bertz CT molecular complexity index is 761. The molecule has 0 aromatic heterocycles. The Morgan fingerprint density at radius 3 is 2.11 bits per heavy atom. The number of hydrogen-bond acceptors (Lipinski definition) is 3. The monoisotopic (exact) mass is 373 g/mol. The number of carbonyl (C=O) groups excluding carboxylic acids is 1. The molecule has 2 aromatic carbocycles. The van der Waals surface area contributed by atoms with Gasteiger partial charge in [-0.1, -0.05) is 24.3 Å². The molecular weight excluding hydrogens is 349 g/mol. The van der Waals surface area contributed by atoms with Crippen molar-refractivity contribution >= 4 is 12.0 Å². The zero-order chi connectivity index (χ0) is 19.8. The van der Waals surface area contributed by atoms with Crippen LogP contribution >= 0.6 is 0 Å². The van der Waals surface area contributed by atoms with Crippen LogP contribution in [0.25, 0.3) is 0 Å². The molecule has 0 spiro atoms. The third kappa shape index (κ3) is 6.71. The summed E-state index contributed by atoms with van der Waals surface area (Å²) in [6, 6.07) is 12.2. The molecule has 0 bridgehead atoms. The lowest BCUT2D eigenvalue weighted by Crippen LogP contribution is -2.42. The second-order valence-electron chi connectivity index (χ2n) is 6.51. The van der Waals surface area contributed by atoms with E-state index in [9.17, 15) is 14.0 Å². The first-order chi connectivity index (χ1) is 12.8. The molecule has 0 unspecified atom stereocenters. The molecule has 0 radical (unpaired) electrons. The van der Waals surface area contributed by atoms with Crippen molar-refractivity contribution in [3.63, 3.8) is 0 Å². The van der Waals surface area contributed by atoms with Crippen LogP contribution in [-0.4, -0.2) is 54.1 Å². The molecule has 6 nitrogen and oxygen atoms in total. The molecule has 0 atom stereocenters. The van der Waals surface area contributed by atoms with Crippen molar-refractivity contribution < 1.29 is 19.1 Å². The van der Waals surface area contributed by atoms with Crippen LogP contribution in [0.4, 0.5) is 9.18 Å². The Hall–Kier alpha value is -2.93. The van der Waals surface area contributed by atoms with E-state index < -0.39 is 5.97 Å². The molecule has 0 heterocycles. The first-order valence-electron chi connectivity index (χ1n) is 8.59. The van der Waals surface area contributed by atoms with E-state index in [-0.39, 0.29) is 17.4 Å². The Kier molecular flexibility index (Phi) is 7.31. The summed E-state index contributed by atoms with van der Waals surface area (Å²) in [5, 5.41) is 11.8. The highest BCUT2D eigenvalue weighted by Crippen LogP contribution is 2.08. The number of aromatic carboxylic acids is 1. The van der Waals surface area contributed by atoms with Gasteiger partial charge in [-0.05, 0) is 49.5 Å². The van der Waals surface area contributed by atoms with Gasteiger partial charge in [0.15, 0.2) is 0 Å². The third-order valence-corrected chi connectivity index (χ3v) is 4.04. The SMILES string of the molecule is CN(C)CCN(Cc1ccc(F)cc1)C(=O)NCc1ccc(C(=O)O)cc1. The number of nitrogens with one attached hydrogen (secondary N) is 1. The Labute approximate surface area is 158 Å². The second kappa shape index (κ2) is 9.68. The summed E-state index contributed by atoms with van der Waals surface area (Å²) < 4.78 is 13.1. The van der Waals surface area contributed by atoms with Crippen LogP contribution in [0.5, 0.6) is 0 Å². The number of benzene rings is 2. The van der Waals surface area contributed by atoms with Gasteiger partial charge in [-0.2, -0.15) is 0 Å². The molecule has 2 aromatic rings. The number of amides is 2. The van der Waals surface area contributed by atoms with E-state index in [1.54, 1.807) is 29.2 Å². The molecular formula is C20H24FN3O3. The fourth-order valence-electron chi connectivity index (χ4n) is 2.44. The zero-order valence-corrected chi connectivity index (χ0v) is 15.5. The number of carboxylic acid groups (broad SMARTS) is 1. The maximum absolute atomic E-state index is 13.1. The summed E-state index contributed by atoms with van der Waals surface area (Å²) >= 11 is 0. The van der Waals surface area contributed by atoms with Crippen LogP contribution < -0.4 is 5.32 Å². The summed E-state index contributed by atoms with van der Waals surface area (Å²) in [7, 11) is 3.86. The first-order valence-corrected chi connectivity index (χ1v) is 8.59. The minimum Gasteiger partial charge on any atom is -0.478 e. The van der Waals surface area contributed by atoms with Crippen LogP contribution in [0.15, 0.2) is 48.5 Å². The first kappa shape index (κ1) is 20.4. The normalized spacial score (nSPS) is 10.7. The van der Waals surface area contributed by atoms with Crippen LogP contribution in [-0.2, 0) is 13.1 Å². The Morgan fingerprint density at radius 2 is 1.56 bits per heavy atom. The van der Waals surface area contributed by atoms with Gasteiger partial charge in [0.25, 0.3) is 0 Å². The highest BCUT2D eigenvalue weighted by atomic mass is 19.1. The molecule has 0 saturated carbocycles. The van der Waals surface area contributed by atoms with Crippen molar-refractivity contribution in [1.82, 2.24) is 15.1 Å². The number of hydrogen-bond donors (Lipinski definition) is 2. The van der Waals surface area contributed by atoms with Crippen molar-refractivity contribution in [2.75, 3.05) is 27.2 Å². The molecule has 27 heavy (non-hydrogen) atoms. The van der Waals surface area contributed by atoms with Gasteiger partial charge >= 0.3 is 12.0 Å². The fourth-order valence-corrected chi connectivity index (χ4v) is 2.44. The van der Waals surface area contributed by atoms with Crippen LogP contribution in [0.1, 0.15) is 21.5 Å². The van der Waals surface area contributed by atoms with Crippen molar-refractivity contribution in [2.24, 2.45) is 0 Å². The number of urea groups is 1. The minimum absolute atomic E-state index is 0.203. The lowest BCUT2D eigenvalue weighted by Gasteiger charge is -2.25. The molecule has 2 N–H and O–H groups in total. The number of rotatable bonds is 8. The highest BCUT2D eigenvalue weighted by molar-refractivity contribution is 5.87. The number of likely N-dealkylation sites (N-methyl/N-ethyl adjacent to an activating group) is 1. The van der Waals surface area contributed by atoms with E-state index in [1.165, 1.54) is 24.3 Å². The Balaban J connectivity index is 1.99. The van der Waals surface area contributed by atoms with E-state index in [1.807, 2.05) is 19.0 Å². The maximum atomic E-state index is 13.1. The Morgan fingerprint density at radius 1 is 0.963 bits per heavy atom. The van der Waals surface area contributed by atoms with Crippen LogP contribution in [0.2, 0.25) is 0 Å². The van der Waals surface area contributed by atoms with Gasteiger partial charge < -0.3 is 20.2 Å². The van der Waals surface area contributed by atoms with Crippen LogP contribution in [0.3, 0.4) is 0 Å². The maximum Gasteiger partial charge on any atom is 0.335 e. The van der Waals surface area contributed by atoms with Gasteiger partial charge in [0, 0.05) is 26.2 Å². The molecule has 7 heteroatoms. The van der Waals surface area contributed by atoms with E-state index >= 15 is 0 Å². The molecule has 0 aliphatic carbocycles. The smallest absolute Gasteiger partial charge is 0.335 e. The van der Waals surface area contributed by atoms with Gasteiger partial charge in [0.05, 0.1) is 5.56 Å². The van der Waals surface area contributed by atoms with E-state index in [2.05, 4.69) is 5.32 Å². The van der Waals surface area contributed by atoms with Crippen molar-refractivity contribution in [3.05, 3.63) is 71.0 Å². The summed E-state index contributed by atoms with van der Waals surface area (Å²) in [6.45, 7) is 1.88. The van der Waals surface area contributed by atoms with Gasteiger partial charge in [-0.3, -0.25) is 0 Å². The predicted molar refractivity (Wildman–Crippen MR) is 101 cm³/mol. The molecule has 2 rings (SSSR count). The third-order valence-electron chi connectivity index (χ3n) is 4.04. The van der Waals surface area contributed by atoms with E-state index in [0.29, 0.717) is 26.2 Å². The number of halogens is 1. The summed E-state index contributed by atoms with van der Waals surface area (Å²) in [5.74, 6) is -1.30. The molecule has 0 saturated heterocycles. The molecule has 144 valence electrons. The number of carbonyl (C=O) groups is 2. The fraction of sp³-hybridized carbons (Fsp3) is 0.300. The topological polar surface area (TPSA) is 72.9 Å². The summed E-state index contributed by atoms with van der Waals surface area (Å²) in [5.41, 5.74) is 1.85. The van der Waals surface area contributed by atoms with E-state index in [4.69, 9.17) is 5.11 Å². The summed E-state index contributed by atoms with van der Waals surface area (Å²) in [4.78, 5) is 27.1. The number of nitrogens with zero attached hydrogens (tertiary/aromatic N) is 2. The highest BCUT2D eigenvalue weighted by Gasteiger charge is 2.14. The molecule has 2 amide bonds. The number of carboxylic acids is 1. The summed E-state index contributed by atoms with van der Waals surface area (Å²) in [6.07, 6.45) is 0. The van der Waals surface area contributed by atoms with Gasteiger partial charge in [0.2, 0.25) is 0 Å². The minimum atomic E-state index is -0.986. The lowest BCUT2D eigenvalue weighted by atomic mass is 10.1. The average Bonchev–Trinajstić information content (AvgIpc) is 2.64. The largest absolute Gasteiger partial charge is 0.478 e. The molecule has 0 aliphatic heterocycles. The van der Waals surface area contributed by atoms with Gasteiger partial charge in [-0.15, -0.1) is 0 Å². The second-order valence-corrected chi connectivity index (χ2v) is 6.51. The van der Waals surface area contributed by atoms with Crippen molar-refractivity contribution in [1.29, 1.82) is 0 Å². The average molecular weight is 373 g/mol. The predicted octanol–water partition coefficient (Wildman–Crippen LogP) is 2.80. The van der Waals surface area contributed by atoms with Gasteiger partial charge in [0.1, 0.15) is 5.82 Å². The van der Waals surface area contributed by atoms with E-state index in [0.717, 1.165) is 11.1 Å². The standard InChI is InChI=1S/C20H24FN3O3/c1-23(2)11-12-24(14-16-5-9-18(21)10-6-16)20(27)22-13-15-3-7-17(8-4-15)19(25)26/h3-10H,11-14H2,1-2H3,(H,22,27)(H,25,26).